The fourth-order valence-electron chi connectivity index (χ4n) is 1.22. The first-order valence-electron chi connectivity index (χ1n) is 3.88. The standard InChI is InChI=1S/2C5H5.3ClH.V/c2*1-2-4-5-3-1;;;;/h2*1-3H,4H2;3*1H;/q;;;;;+3/p-3. The van der Waals surface area contributed by atoms with Crippen LogP contribution in [-0.2, 0) is 16.3 Å². The Morgan fingerprint density at radius 3 is 1.50 bits per heavy atom. The van der Waals surface area contributed by atoms with Crippen LogP contribution >= 0.6 is 0 Å². The molecule has 76 valence electrons. The summed E-state index contributed by atoms with van der Waals surface area (Å²) in [4.78, 5) is 0. The molecule has 0 N–H and O–H groups in total. The Balaban J connectivity index is 0. The fraction of sp³-hybridized carbons (Fsp3) is 0.200. The molecule has 0 saturated carbocycles. The molecular weight excluding hydrogens is 277 g/mol. The van der Waals surface area contributed by atoms with Crippen molar-refractivity contribution in [1.82, 2.24) is 0 Å². The minimum atomic E-state index is 0. The zero-order chi connectivity index (χ0) is 7.52. The molecule has 0 aromatic rings. The van der Waals surface area contributed by atoms with Gasteiger partial charge in [0.2, 0.25) is 0 Å². The van der Waals surface area contributed by atoms with Crippen LogP contribution in [0.4, 0.5) is 0 Å². The number of hydrogen-bond donors (Lipinski definition) is 0. The van der Waals surface area contributed by atoms with Gasteiger partial charge in [-0.25, -0.2) is 0 Å². The van der Waals surface area contributed by atoms with Crippen LogP contribution in [0.15, 0.2) is 45.0 Å². The van der Waals surface area contributed by atoms with Gasteiger partial charge in [-0.15, -0.1) is 0 Å². The smallest absolute Gasteiger partial charge is 1.00 e. The van der Waals surface area contributed by atoms with Gasteiger partial charge >= 0.3 is 74.2 Å². The molecule has 0 aliphatic heterocycles. The first kappa shape index (κ1) is 16.8. The molecule has 14 heavy (non-hydrogen) atoms. The van der Waals surface area contributed by atoms with Gasteiger partial charge in [0.25, 0.3) is 0 Å². The molecule has 0 spiro atoms. The van der Waals surface area contributed by atoms with Gasteiger partial charge in [0.05, 0.1) is 0 Å². The quantitative estimate of drug-likeness (QED) is 0.474. The van der Waals surface area contributed by atoms with Crippen molar-refractivity contribution in [2.45, 2.75) is 12.8 Å². The molecule has 2 aliphatic rings. The third kappa shape index (κ3) is 4.77. The molecule has 0 amide bonds. The van der Waals surface area contributed by atoms with Gasteiger partial charge in [-0.1, -0.05) is 0 Å². The van der Waals surface area contributed by atoms with Crippen molar-refractivity contribution in [3.05, 3.63) is 45.0 Å². The van der Waals surface area contributed by atoms with Gasteiger partial charge in [0, 0.05) is 0 Å². The average Bonchev–Trinajstić information content (AvgIpc) is 2.60. The maximum absolute atomic E-state index is 2.28. The summed E-state index contributed by atoms with van der Waals surface area (Å²) in [5.74, 6) is 0. The predicted octanol–water partition coefficient (Wildman–Crippen LogP) is -6.23. The summed E-state index contributed by atoms with van der Waals surface area (Å²) in [7, 11) is 0. The summed E-state index contributed by atoms with van der Waals surface area (Å²) < 4.78 is 3.30. The molecule has 0 atom stereocenters. The van der Waals surface area contributed by atoms with Gasteiger partial charge in [-0.2, -0.15) is 0 Å². The molecule has 0 fully saturated rings. The van der Waals surface area contributed by atoms with E-state index in [2.05, 4.69) is 36.5 Å². The van der Waals surface area contributed by atoms with Crippen LogP contribution < -0.4 is 37.2 Å². The third-order valence-corrected chi connectivity index (χ3v) is 3.72. The fourth-order valence-corrected chi connectivity index (χ4v) is 2.91. The molecule has 2 rings (SSSR count). The summed E-state index contributed by atoms with van der Waals surface area (Å²) in [6, 6.07) is 0. The Labute approximate surface area is 111 Å². The van der Waals surface area contributed by atoms with E-state index in [9.17, 15) is 0 Å². The van der Waals surface area contributed by atoms with Crippen LogP contribution in [0, 0.1) is 0 Å². The second kappa shape index (κ2) is 8.70. The first-order chi connectivity index (χ1) is 5.45. The number of halogens is 3. The maximum atomic E-state index is 2.28. The second-order valence-corrected chi connectivity index (χ2v) is 4.84. The van der Waals surface area contributed by atoms with E-state index in [1.54, 1.807) is 8.57 Å². The Morgan fingerprint density at radius 1 is 0.786 bits per heavy atom. The summed E-state index contributed by atoms with van der Waals surface area (Å²) in [6.07, 6.45) is 15.8. The average molecular weight is 287 g/mol. The largest absolute Gasteiger partial charge is 1.00 e. The van der Waals surface area contributed by atoms with E-state index in [1.165, 1.54) is 12.8 Å². The third-order valence-electron chi connectivity index (χ3n) is 1.79. The summed E-state index contributed by atoms with van der Waals surface area (Å²) in [6.45, 7) is 0. The van der Waals surface area contributed by atoms with Crippen LogP contribution in [0.2, 0.25) is 0 Å². The summed E-state index contributed by atoms with van der Waals surface area (Å²) in [5.41, 5.74) is 0. The number of allylic oxidation sites excluding steroid dienone is 8. The second-order valence-electron chi connectivity index (χ2n) is 2.69. The molecule has 0 aromatic heterocycles. The molecule has 2 aliphatic carbocycles. The molecular formula is C10H10Cl3V. The van der Waals surface area contributed by atoms with Crippen LogP contribution in [0.3, 0.4) is 0 Å². The van der Waals surface area contributed by atoms with Crippen molar-refractivity contribution < 1.29 is 53.5 Å². The molecule has 0 nitrogen and oxygen atoms in total. The van der Waals surface area contributed by atoms with Crippen molar-refractivity contribution >= 4 is 0 Å². The summed E-state index contributed by atoms with van der Waals surface area (Å²) in [5, 5.41) is 0. The van der Waals surface area contributed by atoms with E-state index in [4.69, 9.17) is 0 Å². The van der Waals surface area contributed by atoms with Crippen LogP contribution in [0.5, 0.6) is 0 Å². The van der Waals surface area contributed by atoms with Gasteiger partial charge in [0.1, 0.15) is 0 Å². The van der Waals surface area contributed by atoms with Crippen LogP contribution in [0.25, 0.3) is 0 Å². The molecule has 0 saturated heterocycles. The van der Waals surface area contributed by atoms with Crippen molar-refractivity contribution in [3.8, 4) is 0 Å². The van der Waals surface area contributed by atoms with E-state index in [1.807, 2.05) is 0 Å². The van der Waals surface area contributed by atoms with Gasteiger partial charge in [0.15, 0.2) is 0 Å². The van der Waals surface area contributed by atoms with E-state index in [-0.39, 0.29) is 37.2 Å². The molecule has 0 radical (unpaired) electrons. The zero-order valence-corrected chi connectivity index (χ0v) is 11.1. The predicted molar refractivity (Wildman–Crippen MR) is 43.7 cm³/mol. The van der Waals surface area contributed by atoms with Gasteiger partial charge in [-0.05, 0) is 0 Å². The molecule has 0 aromatic carbocycles. The van der Waals surface area contributed by atoms with Crippen LogP contribution in [0.1, 0.15) is 12.8 Å². The normalized spacial score (nSPS) is 15.7. The van der Waals surface area contributed by atoms with Gasteiger partial charge < -0.3 is 37.2 Å². The van der Waals surface area contributed by atoms with Crippen molar-refractivity contribution in [2.24, 2.45) is 0 Å². The Kier molecular flexibility index (Phi) is 10.5. The SMILES string of the molecule is C1=CC[C]([V+3][C]2=CC=CC2)=C1.[Cl-].[Cl-].[Cl-]. The van der Waals surface area contributed by atoms with Gasteiger partial charge in [-0.3, -0.25) is 0 Å². The van der Waals surface area contributed by atoms with E-state index in [0.29, 0.717) is 16.3 Å². The number of hydrogen-bond acceptors (Lipinski definition) is 0. The molecule has 0 bridgehead atoms. The summed E-state index contributed by atoms with van der Waals surface area (Å²) >= 11 is 0.358. The van der Waals surface area contributed by atoms with E-state index >= 15 is 0 Å². The van der Waals surface area contributed by atoms with Crippen molar-refractivity contribution in [2.75, 3.05) is 0 Å². The molecule has 0 heterocycles. The first-order valence-corrected chi connectivity index (χ1v) is 5.28. The molecule has 0 unspecified atom stereocenters. The van der Waals surface area contributed by atoms with Crippen molar-refractivity contribution in [1.29, 1.82) is 0 Å². The number of rotatable bonds is 2. The minimum Gasteiger partial charge on any atom is -1.00 e. The Morgan fingerprint density at radius 2 is 1.21 bits per heavy atom. The van der Waals surface area contributed by atoms with E-state index in [0.717, 1.165) is 0 Å². The Hall–Kier alpha value is 0.414. The Bertz CT molecular complexity index is 249. The maximum Gasteiger partial charge on any atom is -1.00 e. The minimum absolute atomic E-state index is 0. The zero-order valence-electron chi connectivity index (χ0n) is 7.46. The van der Waals surface area contributed by atoms with Crippen molar-refractivity contribution in [3.63, 3.8) is 0 Å². The van der Waals surface area contributed by atoms with E-state index < -0.39 is 0 Å². The van der Waals surface area contributed by atoms with Crippen LogP contribution in [-0.4, -0.2) is 0 Å². The molecule has 4 heteroatoms. The monoisotopic (exact) mass is 286 g/mol. The topological polar surface area (TPSA) is 0 Å².